The summed E-state index contributed by atoms with van der Waals surface area (Å²) < 4.78 is 10.7. The average molecular weight is 242 g/mol. The van der Waals surface area contributed by atoms with Crippen molar-refractivity contribution in [3.8, 4) is 0 Å². The molecule has 0 aromatic heterocycles. The Balaban J connectivity index is 2.48. The van der Waals surface area contributed by atoms with Gasteiger partial charge in [-0.1, -0.05) is 27.2 Å². The maximum atomic E-state index is 11.6. The van der Waals surface area contributed by atoms with E-state index in [1.165, 1.54) is 12.8 Å². The molecule has 0 radical (unpaired) electrons. The molecule has 1 aliphatic carbocycles. The molecule has 0 N–H and O–H groups in total. The monoisotopic (exact) mass is 242 g/mol. The second-order valence-electron chi connectivity index (χ2n) is 5.49. The molecule has 3 heteroatoms. The number of esters is 1. The fraction of sp³-hybridized carbons (Fsp3) is 0.929. The first-order chi connectivity index (χ1) is 8.04. The van der Waals surface area contributed by atoms with Crippen molar-refractivity contribution in [3.05, 3.63) is 0 Å². The number of carbonyl (C=O) groups excluding carboxylic acids is 1. The molecule has 1 fully saturated rings. The summed E-state index contributed by atoms with van der Waals surface area (Å²) >= 11 is 0. The van der Waals surface area contributed by atoms with Gasteiger partial charge in [0.15, 0.2) is 0 Å². The average Bonchev–Trinajstić information content (AvgIpc) is 2.26. The Labute approximate surface area is 105 Å². The maximum Gasteiger partial charge on any atom is 0.332 e. The Morgan fingerprint density at radius 3 is 2.65 bits per heavy atom. The van der Waals surface area contributed by atoms with Crippen molar-refractivity contribution in [2.75, 3.05) is 13.2 Å². The topological polar surface area (TPSA) is 35.5 Å². The first-order valence-corrected chi connectivity index (χ1v) is 6.81. The molecule has 1 rings (SSSR count). The molecule has 0 amide bonds. The van der Waals surface area contributed by atoms with E-state index in [2.05, 4.69) is 20.8 Å². The van der Waals surface area contributed by atoms with E-state index in [1.54, 1.807) is 0 Å². The highest BCUT2D eigenvalue weighted by molar-refractivity contribution is 5.70. The fourth-order valence-electron chi connectivity index (χ4n) is 2.64. The highest BCUT2D eigenvalue weighted by Crippen LogP contribution is 2.35. The first-order valence-electron chi connectivity index (χ1n) is 6.81. The van der Waals surface area contributed by atoms with Crippen molar-refractivity contribution in [3.63, 3.8) is 0 Å². The molecule has 3 atom stereocenters. The van der Waals surface area contributed by atoms with Gasteiger partial charge in [0.05, 0.1) is 0 Å². The van der Waals surface area contributed by atoms with Crippen LogP contribution in [-0.2, 0) is 14.3 Å². The Bertz CT molecular complexity index is 238. The Kier molecular flexibility index (Phi) is 5.96. The van der Waals surface area contributed by atoms with Crippen molar-refractivity contribution in [1.82, 2.24) is 0 Å². The van der Waals surface area contributed by atoms with E-state index in [0.29, 0.717) is 24.4 Å². The van der Waals surface area contributed by atoms with Gasteiger partial charge in [0, 0.05) is 6.61 Å². The van der Waals surface area contributed by atoms with E-state index in [1.807, 2.05) is 6.92 Å². The van der Waals surface area contributed by atoms with E-state index in [0.717, 1.165) is 6.42 Å². The van der Waals surface area contributed by atoms with Gasteiger partial charge in [-0.3, -0.25) is 0 Å². The van der Waals surface area contributed by atoms with E-state index >= 15 is 0 Å². The molecular formula is C14H26O3. The van der Waals surface area contributed by atoms with Crippen LogP contribution in [0.2, 0.25) is 0 Å². The molecule has 0 heterocycles. The maximum absolute atomic E-state index is 11.6. The first kappa shape index (κ1) is 14.5. The fourth-order valence-corrected chi connectivity index (χ4v) is 2.64. The molecule has 0 saturated heterocycles. The number of hydrogen-bond acceptors (Lipinski definition) is 3. The summed E-state index contributed by atoms with van der Waals surface area (Å²) in [6.45, 7) is 9.19. The number of hydrogen-bond donors (Lipinski definition) is 0. The SMILES string of the molecule is CCOCC(=O)O[C@@H]1C[C@H](C)CC[C@@H]1C(C)C. The van der Waals surface area contributed by atoms with Crippen LogP contribution in [0, 0.1) is 17.8 Å². The van der Waals surface area contributed by atoms with Gasteiger partial charge in [-0.15, -0.1) is 0 Å². The Hall–Kier alpha value is -0.570. The smallest absolute Gasteiger partial charge is 0.332 e. The van der Waals surface area contributed by atoms with Crippen molar-refractivity contribution < 1.29 is 14.3 Å². The van der Waals surface area contributed by atoms with Crippen LogP contribution in [0.5, 0.6) is 0 Å². The third-order valence-corrected chi connectivity index (χ3v) is 3.67. The molecule has 0 unspecified atom stereocenters. The molecule has 100 valence electrons. The lowest BCUT2D eigenvalue weighted by Crippen LogP contribution is -2.36. The zero-order valence-electron chi connectivity index (χ0n) is 11.6. The van der Waals surface area contributed by atoms with Crippen LogP contribution < -0.4 is 0 Å². The minimum Gasteiger partial charge on any atom is -0.460 e. The number of rotatable bonds is 5. The van der Waals surface area contributed by atoms with Gasteiger partial charge in [-0.05, 0) is 37.5 Å². The molecule has 3 nitrogen and oxygen atoms in total. The van der Waals surface area contributed by atoms with Gasteiger partial charge in [-0.25, -0.2) is 4.79 Å². The van der Waals surface area contributed by atoms with Gasteiger partial charge in [0.1, 0.15) is 12.7 Å². The van der Waals surface area contributed by atoms with Gasteiger partial charge < -0.3 is 9.47 Å². The van der Waals surface area contributed by atoms with Crippen molar-refractivity contribution in [2.24, 2.45) is 17.8 Å². The zero-order chi connectivity index (χ0) is 12.8. The quantitative estimate of drug-likeness (QED) is 0.695. The van der Waals surface area contributed by atoms with Crippen LogP contribution in [0.3, 0.4) is 0 Å². The highest BCUT2D eigenvalue weighted by atomic mass is 16.6. The molecule has 0 bridgehead atoms. The van der Waals surface area contributed by atoms with Crippen LogP contribution in [0.1, 0.15) is 47.0 Å². The number of ether oxygens (including phenoxy) is 2. The lowest BCUT2D eigenvalue weighted by atomic mass is 9.75. The predicted molar refractivity (Wildman–Crippen MR) is 67.7 cm³/mol. The summed E-state index contributed by atoms with van der Waals surface area (Å²) in [5.74, 6) is 1.54. The predicted octanol–water partition coefficient (Wildman–Crippen LogP) is 3.03. The van der Waals surface area contributed by atoms with Gasteiger partial charge in [0.2, 0.25) is 0 Å². The van der Waals surface area contributed by atoms with Crippen LogP contribution in [0.15, 0.2) is 0 Å². The third kappa shape index (κ3) is 4.66. The molecule has 0 spiro atoms. The van der Waals surface area contributed by atoms with E-state index < -0.39 is 0 Å². The molecule has 1 saturated carbocycles. The Morgan fingerprint density at radius 2 is 2.06 bits per heavy atom. The van der Waals surface area contributed by atoms with E-state index in [-0.39, 0.29) is 18.7 Å². The standard InChI is InChI=1S/C14H26O3/c1-5-16-9-14(15)17-13-8-11(4)6-7-12(13)10(2)3/h10-13H,5-9H2,1-4H3/t11-,12-,13-/m1/s1. The summed E-state index contributed by atoms with van der Waals surface area (Å²) in [6.07, 6.45) is 3.51. The summed E-state index contributed by atoms with van der Waals surface area (Å²) in [7, 11) is 0. The number of carbonyl (C=O) groups is 1. The van der Waals surface area contributed by atoms with E-state index in [9.17, 15) is 4.79 Å². The van der Waals surface area contributed by atoms with Gasteiger partial charge in [-0.2, -0.15) is 0 Å². The summed E-state index contributed by atoms with van der Waals surface area (Å²) in [6, 6.07) is 0. The van der Waals surface area contributed by atoms with Crippen molar-refractivity contribution in [2.45, 2.75) is 53.1 Å². The van der Waals surface area contributed by atoms with Crippen molar-refractivity contribution in [1.29, 1.82) is 0 Å². The summed E-state index contributed by atoms with van der Waals surface area (Å²) in [5, 5.41) is 0. The van der Waals surface area contributed by atoms with E-state index in [4.69, 9.17) is 9.47 Å². The van der Waals surface area contributed by atoms with Gasteiger partial charge >= 0.3 is 5.97 Å². The normalized spacial score (nSPS) is 29.4. The van der Waals surface area contributed by atoms with Crippen molar-refractivity contribution >= 4 is 5.97 Å². The largest absolute Gasteiger partial charge is 0.460 e. The van der Waals surface area contributed by atoms with Crippen LogP contribution >= 0.6 is 0 Å². The van der Waals surface area contributed by atoms with Gasteiger partial charge in [0.25, 0.3) is 0 Å². The molecule has 0 aliphatic heterocycles. The van der Waals surface area contributed by atoms with Crippen LogP contribution in [0.4, 0.5) is 0 Å². The Morgan fingerprint density at radius 1 is 1.35 bits per heavy atom. The third-order valence-electron chi connectivity index (χ3n) is 3.67. The zero-order valence-corrected chi connectivity index (χ0v) is 11.6. The molecule has 0 aromatic carbocycles. The summed E-state index contributed by atoms with van der Waals surface area (Å²) in [5.41, 5.74) is 0. The molecule has 17 heavy (non-hydrogen) atoms. The second kappa shape index (κ2) is 7.00. The molecular weight excluding hydrogens is 216 g/mol. The minimum absolute atomic E-state index is 0.0895. The highest BCUT2D eigenvalue weighted by Gasteiger charge is 2.33. The molecule has 1 aliphatic rings. The summed E-state index contributed by atoms with van der Waals surface area (Å²) in [4.78, 5) is 11.6. The second-order valence-corrected chi connectivity index (χ2v) is 5.49. The lowest BCUT2D eigenvalue weighted by molar-refractivity contribution is -0.161. The van der Waals surface area contributed by atoms with Crippen LogP contribution in [0.25, 0.3) is 0 Å². The lowest BCUT2D eigenvalue weighted by Gasteiger charge is -2.36. The molecule has 0 aromatic rings. The van der Waals surface area contributed by atoms with Crippen LogP contribution in [-0.4, -0.2) is 25.3 Å². The minimum atomic E-state index is -0.211.